The molecule has 24 heavy (non-hydrogen) atoms. The van der Waals surface area contributed by atoms with Crippen LogP contribution in [0.15, 0.2) is 15.8 Å². The molecule has 8 nitrogen and oxygen atoms in total. The summed E-state index contributed by atoms with van der Waals surface area (Å²) in [6.07, 6.45) is 3.13. The normalized spacial score (nSPS) is 27.9. The van der Waals surface area contributed by atoms with Crippen molar-refractivity contribution in [1.82, 2.24) is 14.9 Å². The summed E-state index contributed by atoms with van der Waals surface area (Å²) in [6, 6.07) is -1.33. The van der Waals surface area contributed by atoms with Gasteiger partial charge in [-0.05, 0) is 38.0 Å². The van der Waals surface area contributed by atoms with E-state index in [2.05, 4.69) is 5.32 Å². The van der Waals surface area contributed by atoms with Gasteiger partial charge in [-0.15, -0.1) is 0 Å². The largest absolute Gasteiger partial charge is 0.466 e. The Morgan fingerprint density at radius 2 is 2.08 bits per heavy atom. The lowest BCUT2D eigenvalue weighted by atomic mass is 9.84. The number of nitrogens with one attached hydrogen (secondary N) is 2. The van der Waals surface area contributed by atoms with Crippen LogP contribution in [-0.4, -0.2) is 34.2 Å². The number of amides is 1. The van der Waals surface area contributed by atoms with Crippen LogP contribution in [0.1, 0.15) is 26.2 Å². The summed E-state index contributed by atoms with van der Waals surface area (Å²) >= 11 is 0. The van der Waals surface area contributed by atoms with E-state index in [0.717, 1.165) is 19.3 Å². The van der Waals surface area contributed by atoms with E-state index < -0.39 is 35.1 Å². The summed E-state index contributed by atoms with van der Waals surface area (Å²) in [5.41, 5.74) is -2.22. The lowest BCUT2D eigenvalue weighted by Gasteiger charge is -2.30. The Morgan fingerprint density at radius 1 is 1.38 bits per heavy atom. The average Bonchev–Trinajstić information content (AvgIpc) is 3.12. The van der Waals surface area contributed by atoms with Gasteiger partial charge in [0, 0.05) is 6.04 Å². The fourth-order valence-corrected chi connectivity index (χ4v) is 3.89. The second-order valence-corrected chi connectivity index (χ2v) is 6.19. The van der Waals surface area contributed by atoms with Crippen LogP contribution in [0.3, 0.4) is 0 Å². The van der Waals surface area contributed by atoms with Gasteiger partial charge in [-0.2, -0.15) is 4.39 Å². The van der Waals surface area contributed by atoms with E-state index in [-0.39, 0.29) is 24.4 Å². The lowest BCUT2D eigenvalue weighted by molar-refractivity contribution is -0.150. The van der Waals surface area contributed by atoms with Crippen molar-refractivity contribution in [2.75, 3.05) is 6.61 Å². The number of nitrogens with zero attached hydrogens (tertiary/aromatic N) is 1. The third-order valence-corrected chi connectivity index (χ3v) is 4.88. The van der Waals surface area contributed by atoms with E-state index in [9.17, 15) is 23.6 Å². The Morgan fingerprint density at radius 3 is 2.79 bits per heavy atom. The highest BCUT2D eigenvalue weighted by Crippen LogP contribution is 2.48. The number of hydrogen-bond donors (Lipinski definition) is 2. The van der Waals surface area contributed by atoms with Crippen LogP contribution in [0.25, 0.3) is 0 Å². The van der Waals surface area contributed by atoms with Crippen LogP contribution >= 0.6 is 0 Å². The quantitative estimate of drug-likeness (QED) is 0.765. The summed E-state index contributed by atoms with van der Waals surface area (Å²) in [5, 5.41) is 2.64. The molecule has 1 aromatic heterocycles. The molecule has 130 valence electrons. The molecule has 0 spiro atoms. The third-order valence-electron chi connectivity index (χ3n) is 4.88. The van der Waals surface area contributed by atoms with Gasteiger partial charge in [-0.1, -0.05) is 0 Å². The first kappa shape index (κ1) is 16.4. The predicted molar refractivity (Wildman–Crippen MR) is 80.0 cm³/mol. The Bertz CT molecular complexity index is 786. The van der Waals surface area contributed by atoms with Crippen molar-refractivity contribution in [3.8, 4) is 0 Å². The average molecular weight is 339 g/mol. The molecule has 3 rings (SSSR count). The molecule has 9 heteroatoms. The van der Waals surface area contributed by atoms with Crippen molar-refractivity contribution in [2.45, 2.75) is 32.2 Å². The van der Waals surface area contributed by atoms with Crippen molar-refractivity contribution >= 4 is 12.0 Å². The Kier molecular flexibility index (Phi) is 4.25. The van der Waals surface area contributed by atoms with Gasteiger partial charge >= 0.3 is 17.7 Å². The minimum Gasteiger partial charge on any atom is -0.466 e. The van der Waals surface area contributed by atoms with Crippen molar-refractivity contribution in [3.63, 3.8) is 0 Å². The first-order chi connectivity index (χ1) is 11.4. The monoisotopic (exact) mass is 339 g/mol. The fraction of sp³-hybridized carbons (Fsp3) is 0.600. The summed E-state index contributed by atoms with van der Waals surface area (Å²) in [6.45, 7) is 1.96. The second kappa shape index (κ2) is 6.21. The van der Waals surface area contributed by atoms with Gasteiger partial charge in [0.25, 0.3) is 5.56 Å². The molecule has 4 unspecified atom stereocenters. The van der Waals surface area contributed by atoms with E-state index >= 15 is 0 Å². The van der Waals surface area contributed by atoms with Crippen molar-refractivity contribution in [3.05, 3.63) is 32.9 Å². The van der Waals surface area contributed by atoms with Crippen molar-refractivity contribution in [1.29, 1.82) is 0 Å². The van der Waals surface area contributed by atoms with Crippen LogP contribution in [-0.2, 0) is 9.53 Å². The SMILES string of the molecule is CCOC(=O)C1C2CCC(C2)C1NC(=O)n1cc(F)c(=O)[nH]c1=O. The minimum atomic E-state index is -1.24. The summed E-state index contributed by atoms with van der Waals surface area (Å²) < 4.78 is 18.9. The van der Waals surface area contributed by atoms with E-state index in [1.54, 1.807) is 11.9 Å². The number of fused-ring (bicyclic) bond motifs is 2. The molecule has 2 fully saturated rings. The molecule has 2 aliphatic carbocycles. The molecule has 0 aromatic carbocycles. The Balaban J connectivity index is 1.83. The maximum atomic E-state index is 13.3. The van der Waals surface area contributed by atoms with Gasteiger partial charge in [0.1, 0.15) is 0 Å². The van der Waals surface area contributed by atoms with Crippen molar-refractivity contribution < 1.29 is 18.7 Å². The zero-order chi connectivity index (χ0) is 17.4. The Hall–Kier alpha value is -2.45. The molecule has 1 aromatic rings. The number of carbonyl (C=O) groups excluding carboxylic acids is 2. The smallest absolute Gasteiger partial charge is 0.336 e. The molecule has 1 amide bonds. The van der Waals surface area contributed by atoms with Gasteiger partial charge in [0.05, 0.1) is 18.7 Å². The number of halogens is 1. The van der Waals surface area contributed by atoms with Crippen molar-refractivity contribution in [2.24, 2.45) is 17.8 Å². The maximum Gasteiger partial charge on any atom is 0.336 e. The molecule has 2 saturated carbocycles. The van der Waals surface area contributed by atoms with E-state index in [1.165, 1.54) is 0 Å². The summed E-state index contributed by atoms with van der Waals surface area (Å²) in [5.74, 6) is -1.80. The molecule has 0 aliphatic heterocycles. The summed E-state index contributed by atoms with van der Waals surface area (Å²) in [7, 11) is 0. The fourth-order valence-electron chi connectivity index (χ4n) is 3.89. The third kappa shape index (κ3) is 2.74. The molecule has 2 aliphatic rings. The number of aromatic amines is 1. The van der Waals surface area contributed by atoms with Gasteiger partial charge in [0.2, 0.25) is 5.82 Å². The highest BCUT2D eigenvalue weighted by atomic mass is 19.1. The lowest BCUT2D eigenvalue weighted by Crippen LogP contribution is -2.51. The van der Waals surface area contributed by atoms with Gasteiger partial charge in [0.15, 0.2) is 0 Å². The number of carbonyl (C=O) groups is 2. The molecule has 1 heterocycles. The van der Waals surface area contributed by atoms with Crippen LogP contribution in [0.4, 0.5) is 9.18 Å². The number of esters is 1. The molecular formula is C15H18FN3O5. The van der Waals surface area contributed by atoms with Gasteiger partial charge in [-0.3, -0.25) is 14.6 Å². The molecule has 0 radical (unpaired) electrons. The molecule has 0 saturated heterocycles. The van der Waals surface area contributed by atoms with E-state index in [0.29, 0.717) is 10.8 Å². The zero-order valence-corrected chi connectivity index (χ0v) is 13.1. The number of ether oxygens (including phenoxy) is 1. The number of H-pyrrole nitrogens is 1. The first-order valence-corrected chi connectivity index (χ1v) is 7.91. The summed E-state index contributed by atoms with van der Waals surface area (Å²) in [4.78, 5) is 48.9. The van der Waals surface area contributed by atoms with Crippen LogP contribution in [0.5, 0.6) is 0 Å². The van der Waals surface area contributed by atoms with Crippen LogP contribution in [0.2, 0.25) is 0 Å². The molecule has 2 N–H and O–H groups in total. The minimum absolute atomic E-state index is 0.122. The second-order valence-electron chi connectivity index (χ2n) is 6.19. The van der Waals surface area contributed by atoms with Crippen LogP contribution < -0.4 is 16.6 Å². The number of hydrogen-bond acceptors (Lipinski definition) is 5. The van der Waals surface area contributed by atoms with Gasteiger partial charge in [-0.25, -0.2) is 14.2 Å². The zero-order valence-electron chi connectivity index (χ0n) is 13.1. The van der Waals surface area contributed by atoms with E-state index in [4.69, 9.17) is 4.74 Å². The molecule has 4 atom stereocenters. The number of rotatable bonds is 3. The standard InChI is InChI=1S/C15H18FN3O5/c1-2-24-13(21)10-7-3-4-8(5-7)11(10)17-14(22)19-6-9(16)12(20)18-15(19)23/h6-8,10-11H,2-5H2,1H3,(H,17,22)(H,18,20,23). The van der Waals surface area contributed by atoms with Gasteiger partial charge < -0.3 is 10.1 Å². The topological polar surface area (TPSA) is 110 Å². The Labute approximate surface area is 136 Å². The predicted octanol–water partition coefficient (Wildman–Crippen LogP) is 0.211. The highest BCUT2D eigenvalue weighted by molar-refractivity contribution is 5.79. The van der Waals surface area contributed by atoms with E-state index in [1.807, 2.05) is 0 Å². The van der Waals surface area contributed by atoms with Crippen LogP contribution in [0, 0.1) is 23.6 Å². The number of aromatic nitrogens is 2. The highest BCUT2D eigenvalue weighted by Gasteiger charge is 2.52. The molecule has 2 bridgehead atoms. The maximum absolute atomic E-state index is 13.3. The first-order valence-electron chi connectivity index (χ1n) is 7.91. The molecular weight excluding hydrogens is 321 g/mol.